The molecule has 0 aliphatic carbocycles. The SMILES string of the molecule is CCOC(=O)C(F)(F)C(=O)c1ncc(C)cn1. The van der Waals surface area contributed by atoms with Crippen LogP contribution in [0.4, 0.5) is 8.78 Å². The minimum absolute atomic E-state index is 0.240. The van der Waals surface area contributed by atoms with Gasteiger partial charge in [0.1, 0.15) is 0 Å². The number of alkyl halides is 2. The van der Waals surface area contributed by atoms with Crippen molar-refractivity contribution in [1.29, 1.82) is 0 Å². The number of ketones is 1. The van der Waals surface area contributed by atoms with Gasteiger partial charge in [-0.25, -0.2) is 14.8 Å². The number of hydrogen-bond donors (Lipinski definition) is 0. The molecule has 0 unspecified atom stereocenters. The van der Waals surface area contributed by atoms with Crippen molar-refractivity contribution in [2.24, 2.45) is 0 Å². The molecule has 0 atom stereocenters. The van der Waals surface area contributed by atoms with Crippen LogP contribution in [0, 0.1) is 6.92 Å². The first-order chi connectivity index (χ1) is 7.89. The van der Waals surface area contributed by atoms with Crippen molar-refractivity contribution in [2.45, 2.75) is 19.8 Å². The maximum Gasteiger partial charge on any atom is 0.407 e. The lowest BCUT2D eigenvalue weighted by Crippen LogP contribution is -2.40. The molecule has 0 amide bonds. The number of rotatable bonds is 4. The van der Waals surface area contributed by atoms with Crippen molar-refractivity contribution in [1.82, 2.24) is 9.97 Å². The van der Waals surface area contributed by atoms with Gasteiger partial charge in [-0.05, 0) is 19.4 Å². The maximum atomic E-state index is 13.3. The molecular formula is C10H10F2N2O3. The van der Waals surface area contributed by atoms with Gasteiger partial charge < -0.3 is 4.74 Å². The Morgan fingerprint density at radius 2 is 1.88 bits per heavy atom. The third-order valence-corrected chi connectivity index (χ3v) is 1.80. The summed E-state index contributed by atoms with van der Waals surface area (Å²) in [6, 6.07) is 0. The molecule has 1 aromatic rings. The first kappa shape index (κ1) is 13.1. The first-order valence-corrected chi connectivity index (χ1v) is 4.78. The van der Waals surface area contributed by atoms with Gasteiger partial charge in [0.25, 0.3) is 5.78 Å². The van der Waals surface area contributed by atoms with Gasteiger partial charge in [0.05, 0.1) is 6.61 Å². The van der Waals surface area contributed by atoms with Crippen LogP contribution < -0.4 is 0 Å². The number of Topliss-reactive ketones (excluding diaryl/α,β-unsaturated/α-hetero) is 1. The second-order valence-corrected chi connectivity index (χ2v) is 3.21. The predicted molar refractivity (Wildman–Crippen MR) is 52.7 cm³/mol. The first-order valence-electron chi connectivity index (χ1n) is 4.78. The quantitative estimate of drug-likeness (QED) is 0.451. The van der Waals surface area contributed by atoms with E-state index in [1.807, 2.05) is 0 Å². The van der Waals surface area contributed by atoms with E-state index in [4.69, 9.17) is 0 Å². The Kier molecular flexibility index (Phi) is 3.82. The summed E-state index contributed by atoms with van der Waals surface area (Å²) in [5, 5.41) is 0. The molecule has 0 saturated carbocycles. The molecule has 1 rings (SSSR count). The number of carbonyl (C=O) groups is 2. The summed E-state index contributed by atoms with van der Waals surface area (Å²) in [6.45, 7) is 2.76. The van der Waals surface area contributed by atoms with Crippen LogP contribution in [0.15, 0.2) is 12.4 Å². The van der Waals surface area contributed by atoms with Gasteiger partial charge in [0.15, 0.2) is 0 Å². The predicted octanol–water partition coefficient (Wildman–Crippen LogP) is 1.17. The Morgan fingerprint density at radius 3 is 2.35 bits per heavy atom. The molecule has 0 aliphatic rings. The van der Waals surface area contributed by atoms with Crippen molar-refractivity contribution < 1.29 is 23.1 Å². The third-order valence-electron chi connectivity index (χ3n) is 1.80. The highest BCUT2D eigenvalue weighted by Crippen LogP contribution is 2.20. The lowest BCUT2D eigenvalue weighted by Gasteiger charge is -2.12. The molecule has 7 heteroatoms. The molecule has 0 fully saturated rings. The zero-order valence-electron chi connectivity index (χ0n) is 9.24. The molecule has 0 bridgehead atoms. The molecule has 0 N–H and O–H groups in total. The van der Waals surface area contributed by atoms with Gasteiger partial charge in [0.2, 0.25) is 5.82 Å². The molecule has 92 valence electrons. The minimum atomic E-state index is -4.26. The van der Waals surface area contributed by atoms with Gasteiger partial charge in [-0.3, -0.25) is 4.79 Å². The molecule has 17 heavy (non-hydrogen) atoms. The fraction of sp³-hybridized carbons (Fsp3) is 0.400. The Balaban J connectivity index is 2.95. The summed E-state index contributed by atoms with van der Waals surface area (Å²) in [6.07, 6.45) is 2.42. The number of aryl methyl sites for hydroxylation is 1. The van der Waals surface area contributed by atoms with Gasteiger partial charge in [0, 0.05) is 12.4 Å². The zero-order chi connectivity index (χ0) is 13.1. The van der Waals surface area contributed by atoms with E-state index in [0.29, 0.717) is 5.56 Å². The number of carbonyl (C=O) groups excluding carboxylic acids is 2. The van der Waals surface area contributed by atoms with Gasteiger partial charge in [-0.15, -0.1) is 0 Å². The second-order valence-electron chi connectivity index (χ2n) is 3.21. The summed E-state index contributed by atoms with van der Waals surface area (Å²) in [5.74, 6) is -8.63. The second kappa shape index (κ2) is 4.94. The van der Waals surface area contributed by atoms with E-state index in [1.165, 1.54) is 19.3 Å². The summed E-state index contributed by atoms with van der Waals surface area (Å²) in [7, 11) is 0. The van der Waals surface area contributed by atoms with E-state index in [9.17, 15) is 18.4 Å². The number of nitrogens with zero attached hydrogens (tertiary/aromatic N) is 2. The number of aromatic nitrogens is 2. The standard InChI is InChI=1S/C10H10F2N2O3/c1-3-17-9(16)10(11,12)7(15)8-13-4-6(2)5-14-8/h4-5H,3H2,1-2H3. The van der Waals surface area contributed by atoms with Crippen LogP contribution in [0.3, 0.4) is 0 Å². The molecule has 1 heterocycles. The van der Waals surface area contributed by atoms with Crippen LogP contribution in [0.2, 0.25) is 0 Å². The average Bonchev–Trinajstić information content (AvgIpc) is 2.29. The molecule has 0 aliphatic heterocycles. The lowest BCUT2D eigenvalue weighted by molar-refractivity contribution is -0.164. The molecule has 0 radical (unpaired) electrons. The number of halogens is 2. The monoisotopic (exact) mass is 244 g/mol. The van der Waals surface area contributed by atoms with Crippen LogP contribution in [0.1, 0.15) is 23.1 Å². The zero-order valence-corrected chi connectivity index (χ0v) is 9.24. The van der Waals surface area contributed by atoms with Gasteiger partial charge >= 0.3 is 11.9 Å². The van der Waals surface area contributed by atoms with E-state index >= 15 is 0 Å². The summed E-state index contributed by atoms with van der Waals surface area (Å²) >= 11 is 0. The fourth-order valence-electron chi connectivity index (χ4n) is 0.965. The summed E-state index contributed by atoms with van der Waals surface area (Å²) < 4.78 is 30.7. The van der Waals surface area contributed by atoms with Crippen molar-refractivity contribution in [2.75, 3.05) is 6.61 Å². The fourth-order valence-corrected chi connectivity index (χ4v) is 0.965. The number of hydrogen-bond acceptors (Lipinski definition) is 5. The molecule has 0 aromatic carbocycles. The average molecular weight is 244 g/mol. The maximum absolute atomic E-state index is 13.3. The Bertz CT molecular complexity index is 432. The van der Waals surface area contributed by atoms with E-state index in [1.54, 1.807) is 6.92 Å². The van der Waals surface area contributed by atoms with Crippen LogP contribution in [0.5, 0.6) is 0 Å². The topological polar surface area (TPSA) is 69.2 Å². The van der Waals surface area contributed by atoms with Crippen molar-refractivity contribution in [3.05, 3.63) is 23.8 Å². The van der Waals surface area contributed by atoms with Crippen LogP contribution >= 0.6 is 0 Å². The molecule has 0 saturated heterocycles. The van der Waals surface area contributed by atoms with Gasteiger partial charge in [-0.2, -0.15) is 8.78 Å². The Labute approximate surface area is 95.8 Å². The Hall–Kier alpha value is -1.92. The lowest BCUT2D eigenvalue weighted by atomic mass is 10.2. The van der Waals surface area contributed by atoms with E-state index in [-0.39, 0.29) is 6.61 Å². The molecule has 5 nitrogen and oxygen atoms in total. The van der Waals surface area contributed by atoms with Crippen LogP contribution in [0.25, 0.3) is 0 Å². The van der Waals surface area contributed by atoms with E-state index < -0.39 is 23.5 Å². The van der Waals surface area contributed by atoms with E-state index in [2.05, 4.69) is 14.7 Å². The largest absolute Gasteiger partial charge is 0.461 e. The third kappa shape index (κ3) is 2.80. The van der Waals surface area contributed by atoms with Crippen molar-refractivity contribution in [3.8, 4) is 0 Å². The molecule has 0 spiro atoms. The van der Waals surface area contributed by atoms with Gasteiger partial charge in [-0.1, -0.05) is 0 Å². The number of esters is 1. The minimum Gasteiger partial charge on any atom is -0.461 e. The normalized spacial score (nSPS) is 11.1. The molecular weight excluding hydrogens is 234 g/mol. The number of ether oxygens (including phenoxy) is 1. The van der Waals surface area contributed by atoms with Crippen LogP contribution in [-0.4, -0.2) is 34.2 Å². The smallest absolute Gasteiger partial charge is 0.407 e. The van der Waals surface area contributed by atoms with Crippen molar-refractivity contribution >= 4 is 11.8 Å². The summed E-state index contributed by atoms with van der Waals surface area (Å²) in [5.41, 5.74) is 0.612. The summed E-state index contributed by atoms with van der Waals surface area (Å²) in [4.78, 5) is 29.1. The highest BCUT2D eigenvalue weighted by Gasteiger charge is 2.50. The molecule has 1 aromatic heterocycles. The highest BCUT2D eigenvalue weighted by atomic mass is 19.3. The highest BCUT2D eigenvalue weighted by molar-refractivity contribution is 6.12. The Morgan fingerprint density at radius 1 is 1.35 bits per heavy atom. The van der Waals surface area contributed by atoms with Crippen LogP contribution in [-0.2, 0) is 9.53 Å². The van der Waals surface area contributed by atoms with E-state index in [0.717, 1.165) is 0 Å². The van der Waals surface area contributed by atoms with Crippen molar-refractivity contribution in [3.63, 3.8) is 0 Å².